The highest BCUT2D eigenvalue weighted by atomic mass is 32.1. The van der Waals surface area contributed by atoms with Crippen LogP contribution in [0.4, 0.5) is 5.69 Å². The summed E-state index contributed by atoms with van der Waals surface area (Å²) in [6.07, 6.45) is 3.66. The van der Waals surface area contributed by atoms with E-state index < -0.39 is 0 Å². The van der Waals surface area contributed by atoms with Crippen LogP contribution in [0.3, 0.4) is 0 Å². The van der Waals surface area contributed by atoms with Gasteiger partial charge >= 0.3 is 0 Å². The van der Waals surface area contributed by atoms with Crippen LogP contribution in [-0.2, 0) is 5.41 Å². The van der Waals surface area contributed by atoms with E-state index in [0.29, 0.717) is 0 Å². The number of hydrogen-bond acceptors (Lipinski definition) is 3. The van der Waals surface area contributed by atoms with Gasteiger partial charge in [-0.15, -0.1) is 0 Å². The Labute approximate surface area is 119 Å². The van der Waals surface area contributed by atoms with E-state index in [4.69, 9.17) is 18.0 Å². The Morgan fingerprint density at radius 2 is 2.11 bits per heavy atom. The van der Waals surface area contributed by atoms with E-state index in [1.807, 2.05) is 6.08 Å². The maximum Gasteiger partial charge on any atom is 0.184 e. The van der Waals surface area contributed by atoms with Crippen LogP contribution in [0.1, 0.15) is 19.4 Å². The highest BCUT2D eigenvalue weighted by molar-refractivity contribution is 7.80. The lowest BCUT2D eigenvalue weighted by Gasteiger charge is -2.23. The van der Waals surface area contributed by atoms with Gasteiger partial charge in [-0.3, -0.25) is 5.43 Å². The Kier molecular flexibility index (Phi) is 3.57. The number of rotatable bonds is 2. The van der Waals surface area contributed by atoms with Gasteiger partial charge in [0.25, 0.3) is 0 Å². The van der Waals surface area contributed by atoms with Gasteiger partial charge in [0.15, 0.2) is 5.11 Å². The third kappa shape index (κ3) is 2.46. The quantitative estimate of drug-likeness (QED) is 0.493. The average Bonchev–Trinajstić information content (AvgIpc) is 2.55. The SMILES string of the molecule is CN1/C(=C/C=N\NC(N)=S)C(C)(C)c2ccccc21. The normalized spacial score (nSPS) is 18.9. The third-order valence-corrected chi connectivity index (χ3v) is 3.51. The maximum atomic E-state index is 5.31. The van der Waals surface area contributed by atoms with E-state index in [9.17, 15) is 0 Å². The molecule has 0 aromatic heterocycles. The number of thiocarbonyl (C=S) groups is 1. The predicted octanol–water partition coefficient (Wildman–Crippen LogP) is 2.12. The van der Waals surface area contributed by atoms with Crippen molar-refractivity contribution in [2.75, 3.05) is 11.9 Å². The zero-order valence-corrected chi connectivity index (χ0v) is 12.2. The lowest BCUT2D eigenvalue weighted by molar-refractivity contribution is 0.641. The van der Waals surface area contributed by atoms with Gasteiger partial charge < -0.3 is 10.6 Å². The number of para-hydroxylation sites is 1. The molecule has 0 bridgehead atoms. The fourth-order valence-corrected chi connectivity index (χ4v) is 2.56. The Hall–Kier alpha value is -1.88. The van der Waals surface area contributed by atoms with Crippen LogP contribution < -0.4 is 16.1 Å². The lowest BCUT2D eigenvalue weighted by atomic mass is 9.84. The molecular formula is C14H18N4S. The van der Waals surface area contributed by atoms with Crippen LogP contribution in [0, 0.1) is 0 Å². The first-order chi connectivity index (χ1) is 8.94. The summed E-state index contributed by atoms with van der Waals surface area (Å²) in [5.74, 6) is 0. The van der Waals surface area contributed by atoms with Gasteiger partial charge in [-0.1, -0.05) is 32.0 Å². The van der Waals surface area contributed by atoms with Crippen molar-refractivity contribution >= 4 is 29.2 Å². The van der Waals surface area contributed by atoms with E-state index in [1.54, 1.807) is 6.21 Å². The molecule has 1 aliphatic rings. The Balaban J connectivity index is 2.31. The molecule has 0 atom stereocenters. The van der Waals surface area contributed by atoms with Gasteiger partial charge in [0, 0.05) is 30.1 Å². The fraction of sp³-hybridized carbons (Fsp3) is 0.286. The topological polar surface area (TPSA) is 53.6 Å². The summed E-state index contributed by atoms with van der Waals surface area (Å²) >= 11 is 4.69. The van der Waals surface area contributed by atoms with Crippen molar-refractivity contribution in [3.8, 4) is 0 Å². The lowest BCUT2D eigenvalue weighted by Crippen LogP contribution is -2.25. The number of allylic oxidation sites excluding steroid dienone is 2. The van der Waals surface area contributed by atoms with Crippen molar-refractivity contribution in [3.05, 3.63) is 41.6 Å². The zero-order chi connectivity index (χ0) is 14.0. The average molecular weight is 274 g/mol. The van der Waals surface area contributed by atoms with Crippen molar-refractivity contribution < 1.29 is 0 Å². The summed E-state index contributed by atoms with van der Waals surface area (Å²) in [4.78, 5) is 2.18. The Bertz CT molecular complexity index is 560. The summed E-state index contributed by atoms with van der Waals surface area (Å²) in [5, 5.41) is 4.12. The minimum atomic E-state index is -0.0411. The minimum Gasteiger partial charge on any atom is -0.375 e. The molecule has 1 heterocycles. The van der Waals surface area contributed by atoms with Crippen LogP contribution >= 0.6 is 12.2 Å². The number of nitrogens with one attached hydrogen (secondary N) is 1. The molecule has 19 heavy (non-hydrogen) atoms. The zero-order valence-electron chi connectivity index (χ0n) is 11.3. The highest BCUT2D eigenvalue weighted by Crippen LogP contribution is 2.46. The molecule has 0 saturated heterocycles. The molecule has 0 unspecified atom stereocenters. The molecule has 5 heteroatoms. The van der Waals surface area contributed by atoms with Gasteiger partial charge in [-0.05, 0) is 29.9 Å². The summed E-state index contributed by atoms with van der Waals surface area (Å²) in [6, 6.07) is 8.41. The fourth-order valence-electron chi connectivity index (χ4n) is 2.51. The number of likely N-dealkylation sites (N-methyl/N-ethyl adjacent to an activating group) is 1. The van der Waals surface area contributed by atoms with Crippen LogP contribution in [0.2, 0.25) is 0 Å². The van der Waals surface area contributed by atoms with Crippen LogP contribution in [0.25, 0.3) is 0 Å². The van der Waals surface area contributed by atoms with Crippen molar-refractivity contribution in [3.63, 3.8) is 0 Å². The van der Waals surface area contributed by atoms with Crippen molar-refractivity contribution in [1.29, 1.82) is 0 Å². The van der Waals surface area contributed by atoms with E-state index in [2.05, 4.69) is 60.6 Å². The van der Waals surface area contributed by atoms with Gasteiger partial charge in [-0.2, -0.15) is 5.10 Å². The third-order valence-electron chi connectivity index (χ3n) is 3.42. The second kappa shape index (κ2) is 5.01. The number of fused-ring (bicyclic) bond motifs is 1. The maximum absolute atomic E-state index is 5.31. The van der Waals surface area contributed by atoms with Gasteiger partial charge in [0.1, 0.15) is 0 Å². The van der Waals surface area contributed by atoms with Gasteiger partial charge in [0.2, 0.25) is 0 Å². The van der Waals surface area contributed by atoms with E-state index >= 15 is 0 Å². The molecule has 0 saturated carbocycles. The number of nitrogens with two attached hydrogens (primary N) is 1. The molecule has 2 rings (SSSR count). The summed E-state index contributed by atoms with van der Waals surface area (Å²) in [5.41, 5.74) is 11.6. The first-order valence-corrected chi connectivity index (χ1v) is 6.48. The second-order valence-corrected chi connectivity index (χ2v) is 5.45. The van der Waals surface area contributed by atoms with Gasteiger partial charge in [-0.25, -0.2) is 0 Å². The molecule has 0 radical (unpaired) electrons. The monoisotopic (exact) mass is 274 g/mol. The molecule has 100 valence electrons. The smallest absolute Gasteiger partial charge is 0.184 e. The molecular weight excluding hydrogens is 256 g/mol. The summed E-state index contributed by atoms with van der Waals surface area (Å²) in [7, 11) is 2.06. The van der Waals surface area contributed by atoms with Crippen molar-refractivity contribution in [2.45, 2.75) is 19.3 Å². The molecule has 0 aliphatic carbocycles. The number of hydrazone groups is 1. The number of nitrogens with zero attached hydrogens (tertiary/aromatic N) is 2. The first kappa shape index (κ1) is 13.5. The summed E-state index contributed by atoms with van der Waals surface area (Å²) < 4.78 is 0. The van der Waals surface area contributed by atoms with E-state index in [1.165, 1.54) is 16.9 Å². The van der Waals surface area contributed by atoms with Crippen molar-refractivity contribution in [2.24, 2.45) is 10.8 Å². The van der Waals surface area contributed by atoms with Crippen LogP contribution in [-0.4, -0.2) is 18.4 Å². The van der Waals surface area contributed by atoms with Gasteiger partial charge in [0.05, 0.1) is 0 Å². The number of hydrogen-bond donors (Lipinski definition) is 2. The molecule has 1 aromatic rings. The summed E-state index contributed by atoms with van der Waals surface area (Å²) in [6.45, 7) is 4.41. The minimum absolute atomic E-state index is 0.0411. The Morgan fingerprint density at radius 1 is 1.42 bits per heavy atom. The standard InChI is InChI=1S/C14H18N4S/c1-14(2)10-6-4-5-7-11(10)18(3)12(14)8-9-16-17-13(15)19/h4-9H,1-3H3,(H3,15,17,19)/b12-8+,16-9-. The number of benzene rings is 1. The molecule has 0 spiro atoms. The van der Waals surface area contributed by atoms with E-state index in [0.717, 1.165) is 0 Å². The first-order valence-electron chi connectivity index (χ1n) is 6.07. The predicted molar refractivity (Wildman–Crippen MR) is 84.4 cm³/mol. The molecule has 0 amide bonds. The van der Waals surface area contributed by atoms with Crippen LogP contribution in [0.5, 0.6) is 0 Å². The molecule has 0 fully saturated rings. The Morgan fingerprint density at radius 3 is 2.74 bits per heavy atom. The largest absolute Gasteiger partial charge is 0.375 e. The molecule has 4 nitrogen and oxygen atoms in total. The second-order valence-electron chi connectivity index (χ2n) is 5.01. The molecule has 1 aromatic carbocycles. The van der Waals surface area contributed by atoms with Crippen LogP contribution in [0.15, 0.2) is 41.1 Å². The van der Waals surface area contributed by atoms with Crippen molar-refractivity contribution in [1.82, 2.24) is 5.43 Å². The molecule has 3 N–H and O–H groups in total. The number of anilines is 1. The highest BCUT2D eigenvalue weighted by Gasteiger charge is 2.37. The molecule has 1 aliphatic heterocycles. The van der Waals surface area contributed by atoms with E-state index in [-0.39, 0.29) is 10.5 Å².